The van der Waals surface area contributed by atoms with Gasteiger partial charge in [0.25, 0.3) is 0 Å². The van der Waals surface area contributed by atoms with Gasteiger partial charge in [-0.3, -0.25) is 4.79 Å². The van der Waals surface area contributed by atoms with Gasteiger partial charge in [0.1, 0.15) is 5.41 Å². The van der Waals surface area contributed by atoms with Crippen LogP contribution in [0, 0.1) is 16.7 Å². The van der Waals surface area contributed by atoms with E-state index in [1.165, 1.54) is 6.92 Å². The van der Waals surface area contributed by atoms with E-state index < -0.39 is 11.0 Å². The number of hydrogen-bond acceptors (Lipinski definition) is 4. The maximum Gasteiger partial charge on any atom is 0.241 e. The van der Waals surface area contributed by atoms with Crippen LogP contribution < -0.4 is 5.32 Å². The second kappa shape index (κ2) is 4.17. The molecule has 1 aliphatic carbocycles. The lowest BCUT2D eigenvalue weighted by molar-refractivity contribution is -0.134. The molecule has 0 atom stereocenters. The van der Waals surface area contributed by atoms with Crippen LogP contribution in [0.15, 0.2) is 0 Å². The highest BCUT2D eigenvalue weighted by molar-refractivity contribution is 5.86. The van der Waals surface area contributed by atoms with E-state index in [0.717, 1.165) is 6.42 Å². The number of nitriles is 1. The van der Waals surface area contributed by atoms with Gasteiger partial charge in [-0.1, -0.05) is 0 Å². The highest BCUT2D eigenvalue weighted by Crippen LogP contribution is 2.40. The van der Waals surface area contributed by atoms with Crippen LogP contribution >= 0.6 is 0 Å². The fourth-order valence-electron chi connectivity index (χ4n) is 1.44. The average molecular weight is 212 g/mol. The average Bonchev–Trinajstić information content (AvgIpc) is 2.17. The number of carbonyl (C=O) groups is 1. The van der Waals surface area contributed by atoms with Crippen LogP contribution in [0.5, 0.6) is 0 Å². The van der Waals surface area contributed by atoms with E-state index in [1.54, 1.807) is 0 Å². The first kappa shape index (κ1) is 12.0. The van der Waals surface area contributed by atoms with Gasteiger partial charge in [-0.15, -0.1) is 0 Å². The first-order valence-electron chi connectivity index (χ1n) is 4.97. The Labute approximate surface area is 88.7 Å². The number of nitrogens with zero attached hydrogens (tertiary/aromatic N) is 1. The van der Waals surface area contributed by atoms with Gasteiger partial charge in [-0.2, -0.15) is 5.26 Å². The molecule has 1 fully saturated rings. The Morgan fingerprint density at radius 1 is 1.53 bits per heavy atom. The minimum Gasteiger partial charge on any atom is -0.394 e. The zero-order valence-electron chi connectivity index (χ0n) is 8.79. The van der Waals surface area contributed by atoms with Crippen molar-refractivity contribution in [3.8, 4) is 6.07 Å². The number of aliphatic hydroxyl groups is 2. The predicted octanol–water partition coefficient (Wildman–Crippen LogP) is -0.460. The molecule has 3 N–H and O–H groups in total. The maximum atomic E-state index is 11.8. The van der Waals surface area contributed by atoms with Gasteiger partial charge in [0.15, 0.2) is 0 Å². The third-order valence-corrected chi connectivity index (χ3v) is 2.97. The number of hydrogen-bond donors (Lipinski definition) is 3. The van der Waals surface area contributed by atoms with Crippen LogP contribution in [0.25, 0.3) is 0 Å². The topological polar surface area (TPSA) is 93.3 Å². The number of rotatable bonds is 4. The van der Waals surface area contributed by atoms with Gasteiger partial charge in [-0.25, -0.2) is 0 Å². The molecule has 1 aliphatic rings. The Bertz CT molecular complexity index is 288. The molecule has 0 aromatic rings. The molecule has 15 heavy (non-hydrogen) atoms. The SMILES string of the molecule is CC(CO)(CO)NC(=O)C1(C#N)CCC1. The smallest absolute Gasteiger partial charge is 0.241 e. The Morgan fingerprint density at radius 2 is 2.07 bits per heavy atom. The van der Waals surface area contributed by atoms with Crippen LogP contribution in [-0.2, 0) is 4.79 Å². The number of nitrogens with one attached hydrogen (secondary N) is 1. The van der Waals surface area contributed by atoms with Gasteiger partial charge < -0.3 is 15.5 Å². The number of aliphatic hydroxyl groups excluding tert-OH is 2. The van der Waals surface area contributed by atoms with Crippen LogP contribution in [0.4, 0.5) is 0 Å². The lowest BCUT2D eigenvalue weighted by atomic mass is 9.69. The molecule has 0 saturated heterocycles. The van der Waals surface area contributed by atoms with E-state index in [0.29, 0.717) is 12.8 Å². The van der Waals surface area contributed by atoms with Gasteiger partial charge in [0.2, 0.25) is 5.91 Å². The van der Waals surface area contributed by atoms with Crippen LogP contribution in [0.1, 0.15) is 26.2 Å². The summed E-state index contributed by atoms with van der Waals surface area (Å²) < 4.78 is 0. The lowest BCUT2D eigenvalue weighted by Gasteiger charge is -2.37. The molecule has 1 amide bonds. The third kappa shape index (κ3) is 2.11. The van der Waals surface area contributed by atoms with Crippen molar-refractivity contribution in [2.75, 3.05) is 13.2 Å². The van der Waals surface area contributed by atoms with E-state index in [2.05, 4.69) is 5.32 Å². The highest BCUT2D eigenvalue weighted by atomic mass is 16.3. The summed E-state index contributed by atoms with van der Waals surface area (Å²) in [5.74, 6) is -0.387. The molecule has 84 valence electrons. The van der Waals surface area contributed by atoms with Gasteiger partial charge >= 0.3 is 0 Å². The zero-order chi connectivity index (χ0) is 11.5. The van der Waals surface area contributed by atoms with E-state index in [4.69, 9.17) is 15.5 Å². The number of amides is 1. The molecule has 1 saturated carbocycles. The molecule has 0 radical (unpaired) electrons. The summed E-state index contributed by atoms with van der Waals surface area (Å²) in [4.78, 5) is 11.8. The summed E-state index contributed by atoms with van der Waals surface area (Å²) in [7, 11) is 0. The Morgan fingerprint density at radius 3 is 2.33 bits per heavy atom. The summed E-state index contributed by atoms with van der Waals surface area (Å²) in [6.07, 6.45) is 1.99. The third-order valence-electron chi connectivity index (χ3n) is 2.97. The zero-order valence-corrected chi connectivity index (χ0v) is 8.79. The van der Waals surface area contributed by atoms with Crippen molar-refractivity contribution >= 4 is 5.91 Å². The summed E-state index contributed by atoms with van der Waals surface area (Å²) in [5, 5.41) is 29.4. The standard InChI is InChI=1S/C10H16N2O3/c1-9(6-13,7-14)12-8(15)10(5-11)3-2-4-10/h13-14H,2-4,6-7H2,1H3,(H,12,15). The molecule has 0 aromatic carbocycles. The molecule has 0 unspecified atom stereocenters. The van der Waals surface area contributed by atoms with Crippen LogP contribution in [0.3, 0.4) is 0 Å². The van der Waals surface area contributed by atoms with Crippen molar-refractivity contribution in [1.82, 2.24) is 5.32 Å². The molecular formula is C10H16N2O3. The molecule has 1 rings (SSSR count). The normalized spacial score (nSPS) is 18.8. The van der Waals surface area contributed by atoms with Crippen molar-refractivity contribution in [2.45, 2.75) is 31.7 Å². The molecule has 0 heterocycles. The molecule has 0 bridgehead atoms. The molecule has 5 heteroatoms. The summed E-state index contributed by atoms with van der Waals surface area (Å²) in [6, 6.07) is 2.01. The minimum atomic E-state index is -1.05. The first-order chi connectivity index (χ1) is 7.02. The van der Waals surface area contributed by atoms with Crippen LogP contribution in [-0.4, -0.2) is 34.9 Å². The minimum absolute atomic E-state index is 0.350. The quantitative estimate of drug-likeness (QED) is 0.588. The highest BCUT2D eigenvalue weighted by Gasteiger charge is 2.46. The van der Waals surface area contributed by atoms with Crippen molar-refractivity contribution in [3.63, 3.8) is 0 Å². The second-order valence-corrected chi connectivity index (χ2v) is 4.38. The monoisotopic (exact) mass is 212 g/mol. The number of carbonyl (C=O) groups excluding carboxylic acids is 1. The summed E-state index contributed by atoms with van der Waals surface area (Å²) >= 11 is 0. The second-order valence-electron chi connectivity index (χ2n) is 4.38. The first-order valence-corrected chi connectivity index (χ1v) is 4.97. The van der Waals surface area contributed by atoms with E-state index >= 15 is 0 Å². The van der Waals surface area contributed by atoms with Gasteiger partial charge in [-0.05, 0) is 26.2 Å². The summed E-state index contributed by atoms with van der Waals surface area (Å²) in [5.41, 5.74) is -1.98. The van der Waals surface area contributed by atoms with Crippen molar-refractivity contribution in [3.05, 3.63) is 0 Å². The van der Waals surface area contributed by atoms with Gasteiger partial charge in [0, 0.05) is 0 Å². The van der Waals surface area contributed by atoms with E-state index in [1.807, 2.05) is 6.07 Å². The fourth-order valence-corrected chi connectivity index (χ4v) is 1.44. The molecule has 5 nitrogen and oxygen atoms in total. The van der Waals surface area contributed by atoms with E-state index in [9.17, 15) is 4.79 Å². The van der Waals surface area contributed by atoms with Gasteiger partial charge in [0.05, 0.1) is 24.8 Å². The fraction of sp³-hybridized carbons (Fsp3) is 0.800. The largest absolute Gasteiger partial charge is 0.394 e. The van der Waals surface area contributed by atoms with Crippen molar-refractivity contribution < 1.29 is 15.0 Å². The van der Waals surface area contributed by atoms with E-state index in [-0.39, 0.29) is 19.1 Å². The van der Waals surface area contributed by atoms with Crippen LogP contribution in [0.2, 0.25) is 0 Å². The maximum absolute atomic E-state index is 11.8. The Hall–Kier alpha value is -1.12. The van der Waals surface area contributed by atoms with Crippen molar-refractivity contribution in [2.24, 2.45) is 5.41 Å². The molecule has 0 aliphatic heterocycles. The predicted molar refractivity (Wildman–Crippen MR) is 52.6 cm³/mol. The van der Waals surface area contributed by atoms with Crippen molar-refractivity contribution in [1.29, 1.82) is 5.26 Å². The Balaban J connectivity index is 2.67. The lowest BCUT2D eigenvalue weighted by Crippen LogP contribution is -2.57. The summed E-state index contributed by atoms with van der Waals surface area (Å²) in [6.45, 7) is 0.835. The molecule has 0 spiro atoms. The molecule has 0 aromatic heterocycles. The molecular weight excluding hydrogens is 196 g/mol. The Kier molecular flexibility index (Phi) is 3.32.